The molecule has 1 aromatic rings. The zero-order valence-corrected chi connectivity index (χ0v) is 13.3. The second-order valence-corrected chi connectivity index (χ2v) is 4.89. The maximum atomic E-state index is 12.5. The normalized spacial score (nSPS) is 10.3. The molecule has 0 aromatic carbocycles. The lowest BCUT2D eigenvalue weighted by Crippen LogP contribution is -2.36. The van der Waals surface area contributed by atoms with E-state index in [2.05, 4.69) is 9.72 Å². The van der Waals surface area contributed by atoms with Crippen molar-refractivity contribution in [3.63, 3.8) is 0 Å². The van der Waals surface area contributed by atoms with E-state index in [-0.39, 0.29) is 34.6 Å². The highest BCUT2D eigenvalue weighted by atomic mass is 35.5. The van der Waals surface area contributed by atoms with Gasteiger partial charge in [0.2, 0.25) is 0 Å². The maximum absolute atomic E-state index is 12.5. The molecular formula is C13H16Cl2N2O4. The molecule has 0 fully saturated rings. The Hall–Kier alpha value is -1.37. The first-order valence-electron chi connectivity index (χ1n) is 6.15. The van der Waals surface area contributed by atoms with Gasteiger partial charge in [-0.1, -0.05) is 23.2 Å². The summed E-state index contributed by atoms with van der Waals surface area (Å²) < 4.78 is 9.53. The summed E-state index contributed by atoms with van der Waals surface area (Å²) in [7, 11) is 2.82. The van der Waals surface area contributed by atoms with Crippen LogP contribution in [0.4, 0.5) is 0 Å². The average molecular weight is 335 g/mol. The fraction of sp³-hybridized carbons (Fsp3) is 0.462. The molecule has 1 aromatic heterocycles. The fourth-order valence-corrected chi connectivity index (χ4v) is 1.93. The molecule has 0 aliphatic rings. The number of nitrogens with zero attached hydrogens (tertiary/aromatic N) is 2. The Bertz CT molecular complexity index is 511. The SMILES string of the molecule is COCCN(CCC(=O)OC)C(=O)c1cc(Cl)ncc1Cl. The molecular weight excluding hydrogens is 319 g/mol. The topological polar surface area (TPSA) is 68.7 Å². The van der Waals surface area contributed by atoms with E-state index in [1.165, 1.54) is 31.4 Å². The van der Waals surface area contributed by atoms with Crippen molar-refractivity contribution in [1.82, 2.24) is 9.88 Å². The molecule has 1 amide bonds. The number of esters is 1. The number of rotatable bonds is 7. The molecule has 6 nitrogen and oxygen atoms in total. The molecule has 0 saturated carbocycles. The average Bonchev–Trinajstić information content (AvgIpc) is 2.48. The molecule has 0 aliphatic carbocycles. The van der Waals surface area contributed by atoms with Crippen molar-refractivity contribution in [1.29, 1.82) is 0 Å². The molecule has 116 valence electrons. The van der Waals surface area contributed by atoms with Gasteiger partial charge in [-0.2, -0.15) is 0 Å². The zero-order valence-electron chi connectivity index (χ0n) is 11.8. The van der Waals surface area contributed by atoms with Gasteiger partial charge in [0, 0.05) is 26.4 Å². The molecule has 0 radical (unpaired) electrons. The molecule has 1 heterocycles. The van der Waals surface area contributed by atoms with E-state index in [1.807, 2.05) is 0 Å². The van der Waals surface area contributed by atoms with E-state index in [0.717, 1.165) is 0 Å². The van der Waals surface area contributed by atoms with Gasteiger partial charge in [0.1, 0.15) is 5.15 Å². The molecule has 1 rings (SSSR count). The standard InChI is InChI=1S/C13H16Cl2N2O4/c1-20-6-5-17(4-3-12(18)21-2)13(19)9-7-11(15)16-8-10(9)14/h7-8H,3-6H2,1-2H3. The van der Waals surface area contributed by atoms with E-state index in [4.69, 9.17) is 27.9 Å². The third kappa shape index (κ3) is 5.49. The molecule has 21 heavy (non-hydrogen) atoms. The van der Waals surface area contributed by atoms with Crippen molar-refractivity contribution < 1.29 is 19.1 Å². The number of hydrogen-bond donors (Lipinski definition) is 0. The van der Waals surface area contributed by atoms with Gasteiger partial charge in [-0.25, -0.2) is 4.98 Å². The van der Waals surface area contributed by atoms with Crippen LogP contribution in [-0.2, 0) is 14.3 Å². The van der Waals surface area contributed by atoms with E-state index in [9.17, 15) is 9.59 Å². The molecule has 0 spiro atoms. The zero-order chi connectivity index (χ0) is 15.8. The largest absolute Gasteiger partial charge is 0.469 e. The first kappa shape index (κ1) is 17.7. The summed E-state index contributed by atoms with van der Waals surface area (Å²) in [6.07, 6.45) is 1.40. The summed E-state index contributed by atoms with van der Waals surface area (Å²) in [5.74, 6) is -0.741. The Morgan fingerprint density at radius 2 is 2.00 bits per heavy atom. The van der Waals surface area contributed by atoms with Gasteiger partial charge in [0.25, 0.3) is 5.91 Å². The minimum atomic E-state index is -0.399. The quantitative estimate of drug-likeness (QED) is 0.563. The molecule has 0 bridgehead atoms. The van der Waals surface area contributed by atoms with Crippen LogP contribution in [0.5, 0.6) is 0 Å². The number of carbonyl (C=O) groups excluding carboxylic acids is 2. The lowest BCUT2D eigenvalue weighted by atomic mass is 10.2. The fourth-order valence-electron chi connectivity index (χ4n) is 1.59. The van der Waals surface area contributed by atoms with Crippen LogP contribution in [0.25, 0.3) is 0 Å². The lowest BCUT2D eigenvalue weighted by Gasteiger charge is -2.22. The summed E-state index contributed by atoms with van der Waals surface area (Å²) in [5.41, 5.74) is 0.234. The number of methoxy groups -OCH3 is 2. The Kier molecular flexibility index (Phi) is 7.42. The molecule has 0 aliphatic heterocycles. The molecule has 8 heteroatoms. The van der Waals surface area contributed by atoms with Crippen LogP contribution in [0.2, 0.25) is 10.2 Å². The monoisotopic (exact) mass is 334 g/mol. The third-order valence-corrected chi connectivity index (χ3v) is 3.23. The van der Waals surface area contributed by atoms with Crippen molar-refractivity contribution in [2.75, 3.05) is 33.9 Å². The minimum Gasteiger partial charge on any atom is -0.469 e. The van der Waals surface area contributed by atoms with Gasteiger partial charge in [-0.15, -0.1) is 0 Å². The third-order valence-electron chi connectivity index (χ3n) is 2.72. The van der Waals surface area contributed by atoms with Gasteiger partial charge >= 0.3 is 5.97 Å². The number of amides is 1. The molecule has 0 unspecified atom stereocenters. The van der Waals surface area contributed by atoms with Gasteiger partial charge < -0.3 is 14.4 Å². The summed E-state index contributed by atoms with van der Waals surface area (Å²) >= 11 is 11.7. The number of pyridine rings is 1. The highest BCUT2D eigenvalue weighted by molar-refractivity contribution is 6.35. The van der Waals surface area contributed by atoms with Gasteiger partial charge in [0.15, 0.2) is 0 Å². The van der Waals surface area contributed by atoms with Crippen molar-refractivity contribution in [3.8, 4) is 0 Å². The summed E-state index contributed by atoms with van der Waals surface area (Å²) in [6, 6.07) is 1.39. The first-order valence-corrected chi connectivity index (χ1v) is 6.91. The molecule has 0 atom stereocenters. The number of hydrogen-bond acceptors (Lipinski definition) is 5. The van der Waals surface area contributed by atoms with Crippen molar-refractivity contribution in [2.45, 2.75) is 6.42 Å². The molecule has 0 N–H and O–H groups in total. The predicted molar refractivity (Wildman–Crippen MR) is 78.7 cm³/mol. The van der Waals surface area contributed by atoms with E-state index in [0.29, 0.717) is 13.2 Å². The van der Waals surface area contributed by atoms with Crippen LogP contribution in [0.1, 0.15) is 16.8 Å². The van der Waals surface area contributed by atoms with Crippen LogP contribution in [0.3, 0.4) is 0 Å². The Morgan fingerprint density at radius 3 is 2.62 bits per heavy atom. The van der Waals surface area contributed by atoms with Crippen LogP contribution in [0.15, 0.2) is 12.3 Å². The van der Waals surface area contributed by atoms with Gasteiger partial charge in [-0.05, 0) is 6.07 Å². The van der Waals surface area contributed by atoms with Crippen molar-refractivity contribution >= 4 is 35.1 Å². The van der Waals surface area contributed by atoms with Crippen LogP contribution < -0.4 is 0 Å². The molecule has 0 saturated heterocycles. The van der Waals surface area contributed by atoms with Gasteiger partial charge in [-0.3, -0.25) is 9.59 Å². The summed E-state index contributed by atoms with van der Waals surface area (Å²) in [6.45, 7) is 0.858. The van der Waals surface area contributed by atoms with Crippen LogP contribution >= 0.6 is 23.2 Å². The van der Waals surface area contributed by atoms with E-state index < -0.39 is 5.97 Å². The highest BCUT2D eigenvalue weighted by Crippen LogP contribution is 2.20. The second kappa shape index (κ2) is 8.81. The number of halogens is 2. The summed E-state index contributed by atoms with van der Waals surface area (Å²) in [5, 5.41) is 0.368. The van der Waals surface area contributed by atoms with E-state index >= 15 is 0 Å². The van der Waals surface area contributed by atoms with Crippen LogP contribution in [0, 0.1) is 0 Å². The van der Waals surface area contributed by atoms with Crippen molar-refractivity contribution in [3.05, 3.63) is 28.0 Å². The van der Waals surface area contributed by atoms with Crippen LogP contribution in [-0.4, -0.2) is 55.7 Å². The first-order chi connectivity index (χ1) is 9.99. The highest BCUT2D eigenvalue weighted by Gasteiger charge is 2.20. The van der Waals surface area contributed by atoms with E-state index in [1.54, 1.807) is 0 Å². The Morgan fingerprint density at radius 1 is 1.29 bits per heavy atom. The number of aromatic nitrogens is 1. The lowest BCUT2D eigenvalue weighted by molar-refractivity contribution is -0.140. The minimum absolute atomic E-state index is 0.0857. The van der Waals surface area contributed by atoms with Crippen molar-refractivity contribution in [2.24, 2.45) is 0 Å². The smallest absolute Gasteiger partial charge is 0.307 e. The second-order valence-electron chi connectivity index (χ2n) is 4.10. The number of ether oxygens (including phenoxy) is 2. The maximum Gasteiger partial charge on any atom is 0.307 e. The Labute approximate surface area is 132 Å². The predicted octanol–water partition coefficient (Wildman–Crippen LogP) is 2.04. The summed E-state index contributed by atoms with van der Waals surface area (Å²) in [4.78, 5) is 28.9. The Balaban J connectivity index is 2.87. The number of carbonyl (C=O) groups is 2. The van der Waals surface area contributed by atoms with Gasteiger partial charge in [0.05, 0.1) is 30.7 Å².